The number of carbonyl (C=O) groups excluding carboxylic acids is 1. The van der Waals surface area contributed by atoms with Gasteiger partial charge in [0.2, 0.25) is 5.95 Å². The van der Waals surface area contributed by atoms with Gasteiger partial charge in [0.25, 0.3) is 0 Å². The number of likely N-dealkylation sites (tertiary alicyclic amines) is 1. The van der Waals surface area contributed by atoms with Crippen molar-refractivity contribution >= 4 is 21.8 Å². The third kappa shape index (κ3) is 3.56. The van der Waals surface area contributed by atoms with Crippen LogP contribution in [0.3, 0.4) is 0 Å². The van der Waals surface area contributed by atoms with Crippen molar-refractivity contribution in [2.45, 2.75) is 56.6 Å². The number of hydrogen-bond donors (Lipinski definition) is 1. The molecular formula is C19H29N5O3S. The molecule has 154 valence electrons. The minimum absolute atomic E-state index is 0.00837. The maximum absolute atomic E-state index is 12.8. The second-order valence-electron chi connectivity index (χ2n) is 8.74. The van der Waals surface area contributed by atoms with Crippen molar-refractivity contribution in [1.29, 1.82) is 0 Å². The average Bonchev–Trinajstić information content (AvgIpc) is 3.08. The Hall–Kier alpha value is -1.90. The first-order chi connectivity index (χ1) is 13.2. The highest BCUT2D eigenvalue weighted by atomic mass is 32.2. The van der Waals surface area contributed by atoms with Gasteiger partial charge < -0.3 is 15.1 Å². The van der Waals surface area contributed by atoms with Crippen LogP contribution in [0, 0.1) is 5.92 Å². The third-order valence-corrected chi connectivity index (χ3v) is 8.07. The molecule has 2 saturated heterocycles. The number of hydrogen-bond acceptors (Lipinski definition) is 6. The van der Waals surface area contributed by atoms with Crippen LogP contribution in [-0.2, 0) is 15.6 Å². The van der Waals surface area contributed by atoms with E-state index in [1.54, 1.807) is 11.1 Å². The molecule has 1 aromatic rings. The Morgan fingerprint density at radius 1 is 1.29 bits per heavy atom. The summed E-state index contributed by atoms with van der Waals surface area (Å²) in [5.74, 6) is 0.965. The van der Waals surface area contributed by atoms with E-state index in [-0.39, 0.29) is 30.3 Å². The zero-order chi connectivity index (χ0) is 20.1. The van der Waals surface area contributed by atoms with Crippen molar-refractivity contribution in [3.8, 4) is 0 Å². The topological polar surface area (TPSA) is 95.5 Å². The summed E-state index contributed by atoms with van der Waals surface area (Å²) in [6.45, 7) is 8.48. The van der Waals surface area contributed by atoms with E-state index in [1.165, 1.54) is 6.42 Å². The normalized spacial score (nSPS) is 28.8. The lowest BCUT2D eigenvalue weighted by Crippen LogP contribution is -2.42. The van der Waals surface area contributed by atoms with Gasteiger partial charge in [-0.3, -0.25) is 0 Å². The van der Waals surface area contributed by atoms with E-state index < -0.39 is 15.1 Å². The van der Waals surface area contributed by atoms with E-state index in [0.717, 1.165) is 25.2 Å². The summed E-state index contributed by atoms with van der Waals surface area (Å²) < 4.78 is 25.6. The number of urea groups is 1. The lowest BCUT2D eigenvalue weighted by atomic mass is 9.99. The zero-order valence-corrected chi connectivity index (χ0v) is 17.6. The van der Waals surface area contributed by atoms with E-state index in [9.17, 15) is 13.2 Å². The number of anilines is 1. The van der Waals surface area contributed by atoms with Gasteiger partial charge in [0.1, 0.15) is 0 Å². The summed E-state index contributed by atoms with van der Waals surface area (Å²) in [7, 11) is -3.33. The van der Waals surface area contributed by atoms with Gasteiger partial charge in [-0.15, -0.1) is 0 Å². The van der Waals surface area contributed by atoms with Crippen LogP contribution < -0.4 is 10.2 Å². The SMILES string of the molecule is CC(C)NC(=O)N1C[C@@H]2c3nc(N4CCC[C@H](C)C4)ncc3CS(=O)(=O)[C@@H]2C1. The third-order valence-electron chi connectivity index (χ3n) is 5.96. The van der Waals surface area contributed by atoms with Gasteiger partial charge in [-0.1, -0.05) is 6.92 Å². The van der Waals surface area contributed by atoms with Crippen LogP contribution in [0.5, 0.6) is 0 Å². The quantitative estimate of drug-likeness (QED) is 0.799. The van der Waals surface area contributed by atoms with Gasteiger partial charge >= 0.3 is 6.03 Å². The van der Waals surface area contributed by atoms with Gasteiger partial charge in [0, 0.05) is 49.9 Å². The van der Waals surface area contributed by atoms with Crippen molar-refractivity contribution < 1.29 is 13.2 Å². The Morgan fingerprint density at radius 2 is 2.07 bits per heavy atom. The Labute approximate surface area is 166 Å². The number of piperidine rings is 1. The molecule has 1 aromatic heterocycles. The van der Waals surface area contributed by atoms with Crippen molar-refractivity contribution in [2.75, 3.05) is 31.1 Å². The molecule has 9 heteroatoms. The summed E-state index contributed by atoms with van der Waals surface area (Å²) in [6.07, 6.45) is 4.01. The molecule has 0 unspecified atom stereocenters. The molecule has 0 bridgehead atoms. The molecule has 2 fully saturated rings. The Balaban J connectivity index is 1.64. The van der Waals surface area contributed by atoms with Crippen molar-refractivity contribution in [3.63, 3.8) is 0 Å². The highest BCUT2D eigenvalue weighted by molar-refractivity contribution is 7.91. The summed E-state index contributed by atoms with van der Waals surface area (Å²) in [5.41, 5.74) is 1.49. The number of nitrogens with one attached hydrogen (secondary N) is 1. The molecule has 3 aliphatic heterocycles. The van der Waals surface area contributed by atoms with Gasteiger partial charge in [-0.25, -0.2) is 23.2 Å². The first-order valence-corrected chi connectivity index (χ1v) is 11.8. The van der Waals surface area contributed by atoms with E-state index in [1.807, 2.05) is 13.8 Å². The number of sulfone groups is 1. The molecule has 1 N–H and O–H groups in total. The lowest BCUT2D eigenvalue weighted by Gasteiger charge is -2.32. The average molecular weight is 408 g/mol. The highest BCUT2D eigenvalue weighted by Gasteiger charge is 2.48. The number of carbonyl (C=O) groups is 1. The van der Waals surface area contributed by atoms with E-state index in [0.29, 0.717) is 24.0 Å². The van der Waals surface area contributed by atoms with Gasteiger partial charge in [0.15, 0.2) is 9.84 Å². The second kappa shape index (κ2) is 7.17. The second-order valence-corrected chi connectivity index (χ2v) is 11.0. The molecule has 0 spiro atoms. The minimum Gasteiger partial charge on any atom is -0.341 e. The number of nitrogens with zero attached hydrogens (tertiary/aromatic N) is 4. The molecule has 8 nitrogen and oxygen atoms in total. The zero-order valence-electron chi connectivity index (χ0n) is 16.8. The molecule has 28 heavy (non-hydrogen) atoms. The number of rotatable bonds is 2. The molecule has 3 atom stereocenters. The van der Waals surface area contributed by atoms with Crippen LogP contribution in [0.25, 0.3) is 0 Å². The smallest absolute Gasteiger partial charge is 0.317 e. The van der Waals surface area contributed by atoms with Crippen molar-refractivity contribution in [2.24, 2.45) is 5.92 Å². The lowest BCUT2D eigenvalue weighted by molar-refractivity contribution is 0.205. The molecular weight excluding hydrogens is 378 g/mol. The predicted molar refractivity (Wildman–Crippen MR) is 107 cm³/mol. The van der Waals surface area contributed by atoms with Crippen LogP contribution in [0.2, 0.25) is 0 Å². The number of aromatic nitrogens is 2. The van der Waals surface area contributed by atoms with Crippen LogP contribution in [0.4, 0.5) is 10.7 Å². The van der Waals surface area contributed by atoms with Crippen LogP contribution in [-0.4, -0.2) is 66.8 Å². The minimum atomic E-state index is -3.33. The molecule has 4 heterocycles. The number of amides is 2. The molecule has 0 aliphatic carbocycles. The van der Waals surface area contributed by atoms with Gasteiger partial charge in [0.05, 0.1) is 16.7 Å². The summed E-state index contributed by atoms with van der Waals surface area (Å²) in [5, 5.41) is 2.28. The molecule has 3 aliphatic rings. The van der Waals surface area contributed by atoms with Crippen LogP contribution in [0.1, 0.15) is 50.8 Å². The fraction of sp³-hybridized carbons (Fsp3) is 0.737. The first kappa shape index (κ1) is 19.4. The molecule has 2 amide bonds. The summed E-state index contributed by atoms with van der Waals surface area (Å²) >= 11 is 0. The monoisotopic (exact) mass is 407 g/mol. The standard InChI is InChI=1S/C19H29N5O3S/c1-12(2)21-19(25)24-9-15-16(10-24)28(26,27)11-14-7-20-18(22-17(14)15)23-6-4-5-13(3)8-23/h7,12-13,15-16H,4-6,8-11H2,1-3H3,(H,21,25)/t13-,15-,16+/m0/s1. The van der Waals surface area contributed by atoms with E-state index in [4.69, 9.17) is 4.98 Å². The Kier molecular flexibility index (Phi) is 4.97. The van der Waals surface area contributed by atoms with Crippen molar-refractivity contribution in [1.82, 2.24) is 20.2 Å². The Bertz CT molecular complexity index is 872. The molecule has 4 rings (SSSR count). The summed E-state index contributed by atoms with van der Waals surface area (Å²) in [6, 6.07) is -0.200. The van der Waals surface area contributed by atoms with Crippen LogP contribution >= 0.6 is 0 Å². The molecule has 0 aromatic carbocycles. The molecule has 0 saturated carbocycles. The highest BCUT2D eigenvalue weighted by Crippen LogP contribution is 2.39. The Morgan fingerprint density at radius 3 is 2.79 bits per heavy atom. The fourth-order valence-corrected chi connectivity index (χ4v) is 6.59. The van der Waals surface area contributed by atoms with E-state index in [2.05, 4.69) is 22.1 Å². The predicted octanol–water partition coefficient (Wildman–Crippen LogP) is 1.53. The van der Waals surface area contributed by atoms with Gasteiger partial charge in [-0.2, -0.15) is 0 Å². The first-order valence-electron chi connectivity index (χ1n) is 10.1. The largest absolute Gasteiger partial charge is 0.341 e. The fourth-order valence-electron chi connectivity index (χ4n) is 4.59. The molecule has 0 radical (unpaired) electrons. The summed E-state index contributed by atoms with van der Waals surface area (Å²) in [4.78, 5) is 25.6. The van der Waals surface area contributed by atoms with Crippen LogP contribution in [0.15, 0.2) is 6.20 Å². The maximum atomic E-state index is 12.8. The van der Waals surface area contributed by atoms with Crippen molar-refractivity contribution in [3.05, 3.63) is 17.5 Å². The van der Waals surface area contributed by atoms with Gasteiger partial charge in [-0.05, 0) is 32.6 Å². The van der Waals surface area contributed by atoms with E-state index >= 15 is 0 Å². The number of fused-ring (bicyclic) bond motifs is 3. The maximum Gasteiger partial charge on any atom is 0.317 e.